The van der Waals surface area contributed by atoms with Crippen LogP contribution in [0, 0.1) is 22.7 Å². The minimum absolute atomic E-state index is 0. The molecule has 0 aromatic rings. The third kappa shape index (κ3) is 17.6. The predicted molar refractivity (Wildman–Crippen MR) is 109 cm³/mol. The van der Waals surface area contributed by atoms with Gasteiger partial charge < -0.3 is 10.2 Å². The molecule has 2 N–H and O–H groups in total. The molecule has 0 bridgehead atoms. The highest BCUT2D eigenvalue weighted by Gasteiger charge is 2.27. The summed E-state index contributed by atoms with van der Waals surface area (Å²) in [7, 11) is 0. The van der Waals surface area contributed by atoms with Gasteiger partial charge in [-0.25, -0.2) is 0 Å². The Balaban J connectivity index is 0. The molecule has 0 rings (SSSR count). The molecule has 0 spiro atoms. The van der Waals surface area contributed by atoms with Crippen molar-refractivity contribution in [2.75, 3.05) is 0 Å². The molecule has 0 saturated heterocycles. The van der Waals surface area contributed by atoms with Crippen LogP contribution in [0.1, 0.15) is 117 Å². The molecular formula is C22H40N2O3. The molecule has 0 fully saturated rings. The van der Waals surface area contributed by atoms with Crippen molar-refractivity contribution >= 4 is 5.97 Å². The molecule has 0 radical (unpaired) electrons. The van der Waals surface area contributed by atoms with E-state index in [9.17, 15) is 4.79 Å². The second kappa shape index (κ2) is 19.2. The van der Waals surface area contributed by atoms with Crippen LogP contribution in [0.3, 0.4) is 0 Å². The summed E-state index contributed by atoms with van der Waals surface area (Å²) in [5.74, 6) is -0.453. The van der Waals surface area contributed by atoms with Crippen LogP contribution in [0.4, 0.5) is 0 Å². The minimum atomic E-state index is -1.65. The van der Waals surface area contributed by atoms with E-state index in [2.05, 4.69) is 6.92 Å². The van der Waals surface area contributed by atoms with Crippen molar-refractivity contribution in [3.63, 3.8) is 0 Å². The topological polar surface area (TPSA) is 105 Å². The second-order valence-corrected chi connectivity index (χ2v) is 7.43. The van der Waals surface area contributed by atoms with E-state index in [0.29, 0.717) is 0 Å². The Morgan fingerprint density at radius 1 is 0.741 bits per heavy atom. The van der Waals surface area contributed by atoms with Gasteiger partial charge in [-0.15, -0.1) is 0 Å². The monoisotopic (exact) mass is 380 g/mol. The number of carbonyl (C=O) groups excluding carboxylic acids is 1. The molecule has 0 aliphatic carbocycles. The Labute approximate surface area is 166 Å². The van der Waals surface area contributed by atoms with E-state index in [1.807, 2.05) is 0 Å². The molecule has 5 heteroatoms. The first-order valence-electron chi connectivity index (χ1n) is 10.6. The van der Waals surface area contributed by atoms with E-state index >= 15 is 0 Å². The maximum absolute atomic E-state index is 11.6. The zero-order valence-electron chi connectivity index (χ0n) is 17.5. The number of ether oxygens (including phenoxy) is 1. The van der Waals surface area contributed by atoms with Crippen LogP contribution in [-0.4, -0.2) is 17.0 Å². The number of unbranched alkanes of at least 4 members (excludes halogenated alkanes) is 14. The molecular weight excluding hydrogens is 340 g/mol. The number of hydrogen-bond donors (Lipinski definition) is 0. The fourth-order valence-electron chi connectivity index (χ4n) is 2.99. The molecule has 0 aliphatic rings. The average molecular weight is 381 g/mol. The Bertz CT molecular complexity index is 424. The van der Waals surface area contributed by atoms with Gasteiger partial charge in [0.2, 0.25) is 0 Å². The highest BCUT2D eigenvalue weighted by molar-refractivity contribution is 5.70. The normalized spacial score (nSPS) is 10.5. The van der Waals surface area contributed by atoms with Crippen LogP contribution in [0.15, 0.2) is 0 Å². The van der Waals surface area contributed by atoms with Gasteiger partial charge in [-0.2, -0.15) is 10.5 Å². The number of nitrogens with zero attached hydrogens (tertiary/aromatic N) is 2. The van der Waals surface area contributed by atoms with Crippen LogP contribution in [0.5, 0.6) is 0 Å². The lowest BCUT2D eigenvalue weighted by Crippen LogP contribution is -2.27. The molecule has 0 aromatic carbocycles. The summed E-state index contributed by atoms with van der Waals surface area (Å²) in [6.45, 7) is 3.58. The van der Waals surface area contributed by atoms with Crippen LogP contribution < -0.4 is 0 Å². The van der Waals surface area contributed by atoms with Crippen molar-refractivity contribution in [2.24, 2.45) is 0 Å². The van der Waals surface area contributed by atoms with Crippen molar-refractivity contribution in [3.05, 3.63) is 0 Å². The largest absolute Gasteiger partial charge is 0.430 e. The molecule has 27 heavy (non-hydrogen) atoms. The fraction of sp³-hybridized carbons (Fsp3) is 0.864. The lowest BCUT2D eigenvalue weighted by molar-refractivity contribution is -0.149. The first-order chi connectivity index (χ1) is 12.6. The SMILES string of the molecule is CCCCCCCCCCCCCCCCCC(=O)OC(C)(C#N)C#N.O. The number of nitriles is 2. The molecule has 0 atom stereocenters. The number of carbonyl (C=O) groups is 1. The third-order valence-corrected chi connectivity index (χ3v) is 4.73. The minimum Gasteiger partial charge on any atom is -0.430 e. The van der Waals surface area contributed by atoms with E-state index in [0.717, 1.165) is 19.3 Å². The maximum atomic E-state index is 11.6. The van der Waals surface area contributed by atoms with E-state index in [4.69, 9.17) is 15.3 Å². The lowest BCUT2D eigenvalue weighted by Gasteiger charge is -2.13. The van der Waals surface area contributed by atoms with Gasteiger partial charge in [-0.3, -0.25) is 4.79 Å². The van der Waals surface area contributed by atoms with Crippen LogP contribution >= 0.6 is 0 Å². The van der Waals surface area contributed by atoms with E-state index in [1.54, 1.807) is 12.1 Å². The third-order valence-electron chi connectivity index (χ3n) is 4.73. The van der Waals surface area contributed by atoms with E-state index < -0.39 is 11.6 Å². The van der Waals surface area contributed by atoms with Crippen LogP contribution in [0.25, 0.3) is 0 Å². The first kappa shape index (κ1) is 27.6. The van der Waals surface area contributed by atoms with Gasteiger partial charge in [0.05, 0.1) is 0 Å². The predicted octanol–water partition coefficient (Wildman–Crippen LogP) is 5.77. The Morgan fingerprint density at radius 3 is 1.41 bits per heavy atom. The van der Waals surface area contributed by atoms with Crippen molar-refractivity contribution in [1.82, 2.24) is 0 Å². The van der Waals surface area contributed by atoms with Crippen molar-refractivity contribution in [2.45, 2.75) is 122 Å². The van der Waals surface area contributed by atoms with Crippen molar-refractivity contribution in [3.8, 4) is 12.1 Å². The summed E-state index contributed by atoms with van der Waals surface area (Å²) in [5, 5.41) is 17.6. The number of hydrogen-bond acceptors (Lipinski definition) is 4. The summed E-state index contributed by atoms with van der Waals surface area (Å²) in [4.78, 5) is 11.6. The second-order valence-electron chi connectivity index (χ2n) is 7.43. The smallest absolute Gasteiger partial charge is 0.308 e. The lowest BCUT2D eigenvalue weighted by atomic mass is 10.0. The van der Waals surface area contributed by atoms with Gasteiger partial charge in [0, 0.05) is 13.3 Å². The highest BCUT2D eigenvalue weighted by Crippen LogP contribution is 2.14. The van der Waals surface area contributed by atoms with Gasteiger partial charge in [0.1, 0.15) is 12.1 Å². The summed E-state index contributed by atoms with van der Waals surface area (Å²) in [6.07, 6.45) is 19.5. The molecule has 0 aliphatic heterocycles. The summed E-state index contributed by atoms with van der Waals surface area (Å²) < 4.78 is 4.89. The zero-order chi connectivity index (χ0) is 19.5. The quantitative estimate of drug-likeness (QED) is 0.236. The molecule has 0 heterocycles. The number of esters is 1. The maximum Gasteiger partial charge on any atom is 0.308 e. The highest BCUT2D eigenvalue weighted by atomic mass is 16.6. The molecule has 0 amide bonds. The Hall–Kier alpha value is -1.59. The standard InChI is InChI=1S/C22H38N2O2.H2O/c1-3-4-5-6-7-8-9-10-11-12-13-14-15-16-17-18-21(25)26-22(2,19-23)20-24;/h3-18H2,1-2H3;1H2. The van der Waals surface area contributed by atoms with Crippen molar-refractivity contribution in [1.29, 1.82) is 10.5 Å². The first-order valence-corrected chi connectivity index (χ1v) is 10.6. The van der Waals surface area contributed by atoms with E-state index in [-0.39, 0.29) is 11.9 Å². The molecule has 156 valence electrons. The van der Waals surface area contributed by atoms with Gasteiger partial charge in [0.15, 0.2) is 0 Å². The van der Waals surface area contributed by atoms with Gasteiger partial charge in [-0.1, -0.05) is 96.8 Å². The zero-order valence-corrected chi connectivity index (χ0v) is 17.5. The van der Waals surface area contributed by atoms with Gasteiger partial charge in [-0.05, 0) is 6.42 Å². The molecule has 5 nitrogen and oxygen atoms in total. The van der Waals surface area contributed by atoms with E-state index in [1.165, 1.54) is 84.0 Å². The fourth-order valence-corrected chi connectivity index (χ4v) is 2.99. The summed E-state index contributed by atoms with van der Waals surface area (Å²) >= 11 is 0. The summed E-state index contributed by atoms with van der Waals surface area (Å²) in [6, 6.07) is 3.42. The van der Waals surface area contributed by atoms with Crippen LogP contribution in [-0.2, 0) is 9.53 Å². The number of rotatable bonds is 17. The molecule has 0 saturated carbocycles. The molecule has 0 aromatic heterocycles. The Kier molecular flexibility index (Phi) is 19.6. The Morgan fingerprint density at radius 2 is 1.07 bits per heavy atom. The summed E-state index contributed by atoms with van der Waals surface area (Å²) in [5.41, 5.74) is -1.65. The van der Waals surface area contributed by atoms with Crippen molar-refractivity contribution < 1.29 is 15.0 Å². The van der Waals surface area contributed by atoms with Gasteiger partial charge in [0.25, 0.3) is 5.60 Å². The molecule has 0 unspecified atom stereocenters. The van der Waals surface area contributed by atoms with Gasteiger partial charge >= 0.3 is 5.97 Å². The average Bonchev–Trinajstić information content (AvgIpc) is 2.64. The van der Waals surface area contributed by atoms with Crippen LogP contribution in [0.2, 0.25) is 0 Å².